The lowest BCUT2D eigenvalue weighted by Crippen LogP contribution is -2.35. The van der Waals surface area contributed by atoms with Crippen LogP contribution in [0, 0.1) is 0 Å². The Balaban J connectivity index is 2.55. The normalized spacial score (nSPS) is 12.1. The van der Waals surface area contributed by atoms with Gasteiger partial charge in [-0.05, 0) is 33.0 Å². The first kappa shape index (κ1) is 11.9. The Hall–Kier alpha value is -1.13. The number of nitrogen functional groups attached to an aromatic ring is 1. The molecule has 1 heterocycles. The summed E-state index contributed by atoms with van der Waals surface area (Å²) in [5.74, 6) is 0. The molecule has 0 unspecified atom stereocenters. The summed E-state index contributed by atoms with van der Waals surface area (Å²) in [6.07, 6.45) is 1.70. The van der Waals surface area contributed by atoms with Gasteiger partial charge in [-0.15, -0.1) is 0 Å². The molecule has 0 aromatic carbocycles. The van der Waals surface area contributed by atoms with Crippen LogP contribution in [0.2, 0.25) is 0 Å². The van der Waals surface area contributed by atoms with Crippen molar-refractivity contribution in [3.63, 3.8) is 0 Å². The molecule has 0 aliphatic carbocycles. The molecule has 0 amide bonds. The Morgan fingerprint density at radius 3 is 2.73 bits per heavy atom. The molecule has 0 aliphatic rings. The number of pyridine rings is 1. The molecule has 0 atom stereocenters. The number of anilines is 1. The molecule has 4 nitrogen and oxygen atoms in total. The molecule has 0 spiro atoms. The van der Waals surface area contributed by atoms with E-state index in [-0.39, 0.29) is 0 Å². The van der Waals surface area contributed by atoms with Gasteiger partial charge in [-0.3, -0.25) is 9.88 Å². The van der Waals surface area contributed by atoms with E-state index < -0.39 is 5.60 Å². The van der Waals surface area contributed by atoms with E-state index in [1.54, 1.807) is 26.1 Å². The third-order valence-electron chi connectivity index (χ3n) is 1.93. The van der Waals surface area contributed by atoms with Crippen molar-refractivity contribution < 1.29 is 5.11 Å². The maximum Gasteiger partial charge on any atom is 0.0718 e. The fraction of sp³-hybridized carbons (Fsp3) is 0.545. The largest absolute Gasteiger partial charge is 0.399 e. The van der Waals surface area contributed by atoms with Crippen LogP contribution < -0.4 is 5.73 Å². The lowest BCUT2D eigenvalue weighted by Gasteiger charge is -2.25. The summed E-state index contributed by atoms with van der Waals surface area (Å²) in [6, 6.07) is 3.61. The van der Waals surface area contributed by atoms with E-state index in [1.165, 1.54) is 0 Å². The number of nitrogens with two attached hydrogens (primary N) is 1. The van der Waals surface area contributed by atoms with E-state index in [4.69, 9.17) is 5.73 Å². The molecule has 0 fully saturated rings. The molecule has 1 aromatic rings. The SMILES string of the molecule is CN(Cc1cc(N)ccn1)CC(C)(C)O. The molecule has 4 heteroatoms. The highest BCUT2D eigenvalue weighted by Crippen LogP contribution is 2.08. The lowest BCUT2D eigenvalue weighted by atomic mass is 10.1. The van der Waals surface area contributed by atoms with Crippen LogP contribution in [0.4, 0.5) is 5.69 Å². The minimum atomic E-state index is -0.685. The first-order valence-electron chi connectivity index (χ1n) is 4.98. The van der Waals surface area contributed by atoms with Gasteiger partial charge in [0.25, 0.3) is 0 Å². The van der Waals surface area contributed by atoms with Crippen LogP contribution in [0.15, 0.2) is 18.3 Å². The highest BCUT2D eigenvalue weighted by Gasteiger charge is 2.15. The van der Waals surface area contributed by atoms with Crippen LogP contribution in [-0.2, 0) is 6.54 Å². The lowest BCUT2D eigenvalue weighted by molar-refractivity contribution is 0.0422. The van der Waals surface area contributed by atoms with E-state index in [2.05, 4.69) is 4.98 Å². The van der Waals surface area contributed by atoms with Crippen molar-refractivity contribution in [1.29, 1.82) is 0 Å². The molecular formula is C11H19N3O. The summed E-state index contributed by atoms with van der Waals surface area (Å²) in [7, 11) is 1.95. The molecule has 0 bridgehead atoms. The maximum atomic E-state index is 9.63. The van der Waals surface area contributed by atoms with Gasteiger partial charge in [-0.25, -0.2) is 0 Å². The van der Waals surface area contributed by atoms with Gasteiger partial charge in [-0.1, -0.05) is 0 Å². The van der Waals surface area contributed by atoms with Crippen LogP contribution in [0.5, 0.6) is 0 Å². The second-order valence-electron chi connectivity index (χ2n) is 4.57. The van der Waals surface area contributed by atoms with E-state index in [1.807, 2.05) is 18.0 Å². The van der Waals surface area contributed by atoms with Gasteiger partial charge in [-0.2, -0.15) is 0 Å². The number of rotatable bonds is 4. The number of hydrogen-bond acceptors (Lipinski definition) is 4. The summed E-state index contributed by atoms with van der Waals surface area (Å²) in [5.41, 5.74) is 6.61. The summed E-state index contributed by atoms with van der Waals surface area (Å²) >= 11 is 0. The number of aromatic nitrogens is 1. The Bertz CT molecular complexity index is 320. The molecule has 0 saturated heterocycles. The van der Waals surface area contributed by atoms with Crippen molar-refractivity contribution in [2.24, 2.45) is 0 Å². The maximum absolute atomic E-state index is 9.63. The van der Waals surface area contributed by atoms with E-state index in [9.17, 15) is 5.11 Å². The highest BCUT2D eigenvalue weighted by atomic mass is 16.3. The van der Waals surface area contributed by atoms with Gasteiger partial charge in [0.05, 0.1) is 11.3 Å². The van der Waals surface area contributed by atoms with Crippen molar-refractivity contribution in [1.82, 2.24) is 9.88 Å². The molecule has 0 saturated carbocycles. The van der Waals surface area contributed by atoms with E-state index in [0.29, 0.717) is 13.1 Å². The minimum Gasteiger partial charge on any atom is -0.399 e. The van der Waals surface area contributed by atoms with Gasteiger partial charge in [0, 0.05) is 25.0 Å². The number of nitrogens with zero attached hydrogens (tertiary/aromatic N) is 2. The van der Waals surface area contributed by atoms with E-state index in [0.717, 1.165) is 11.4 Å². The fourth-order valence-electron chi connectivity index (χ4n) is 1.58. The Morgan fingerprint density at radius 1 is 1.53 bits per heavy atom. The first-order chi connectivity index (χ1) is 6.87. The van der Waals surface area contributed by atoms with Crippen LogP contribution >= 0.6 is 0 Å². The van der Waals surface area contributed by atoms with Crippen molar-refractivity contribution in [2.75, 3.05) is 19.3 Å². The van der Waals surface area contributed by atoms with Crippen molar-refractivity contribution in [3.05, 3.63) is 24.0 Å². The van der Waals surface area contributed by atoms with Crippen LogP contribution in [-0.4, -0.2) is 34.2 Å². The van der Waals surface area contributed by atoms with Crippen LogP contribution in [0.1, 0.15) is 19.5 Å². The number of likely N-dealkylation sites (N-methyl/N-ethyl adjacent to an activating group) is 1. The van der Waals surface area contributed by atoms with Gasteiger partial charge in [0.1, 0.15) is 0 Å². The second-order valence-corrected chi connectivity index (χ2v) is 4.57. The quantitative estimate of drug-likeness (QED) is 0.772. The standard InChI is InChI=1S/C11H19N3O/c1-11(2,15)8-14(3)7-10-6-9(12)4-5-13-10/h4-6,15H,7-8H2,1-3H3,(H2,12,13). The Kier molecular flexibility index (Phi) is 3.66. The van der Waals surface area contributed by atoms with E-state index >= 15 is 0 Å². The molecule has 84 valence electrons. The summed E-state index contributed by atoms with van der Waals surface area (Å²) in [4.78, 5) is 6.22. The van der Waals surface area contributed by atoms with Crippen LogP contribution in [0.3, 0.4) is 0 Å². The van der Waals surface area contributed by atoms with Gasteiger partial charge in [0.15, 0.2) is 0 Å². The average Bonchev–Trinajstić information content (AvgIpc) is 1.99. The molecule has 1 aromatic heterocycles. The summed E-state index contributed by atoms with van der Waals surface area (Å²) in [6.45, 7) is 4.87. The average molecular weight is 209 g/mol. The highest BCUT2D eigenvalue weighted by molar-refractivity contribution is 5.37. The van der Waals surface area contributed by atoms with Crippen molar-refractivity contribution in [3.8, 4) is 0 Å². The van der Waals surface area contributed by atoms with Gasteiger partial charge >= 0.3 is 0 Å². The molecule has 0 aliphatic heterocycles. The predicted octanol–water partition coefficient (Wildman–Crippen LogP) is 0.867. The Labute approximate surface area is 90.7 Å². The number of hydrogen-bond donors (Lipinski definition) is 2. The number of aliphatic hydroxyl groups is 1. The van der Waals surface area contributed by atoms with Gasteiger partial charge < -0.3 is 10.8 Å². The molecule has 0 radical (unpaired) electrons. The van der Waals surface area contributed by atoms with Crippen molar-refractivity contribution >= 4 is 5.69 Å². The zero-order chi connectivity index (χ0) is 11.5. The van der Waals surface area contributed by atoms with Crippen molar-refractivity contribution in [2.45, 2.75) is 26.0 Å². The smallest absolute Gasteiger partial charge is 0.0718 e. The Morgan fingerprint density at radius 2 is 2.20 bits per heavy atom. The molecule has 15 heavy (non-hydrogen) atoms. The molecule has 3 N–H and O–H groups in total. The predicted molar refractivity (Wildman–Crippen MR) is 61.3 cm³/mol. The first-order valence-corrected chi connectivity index (χ1v) is 4.98. The fourth-order valence-corrected chi connectivity index (χ4v) is 1.58. The van der Waals surface area contributed by atoms with Gasteiger partial charge in [0.2, 0.25) is 0 Å². The topological polar surface area (TPSA) is 62.4 Å². The van der Waals surface area contributed by atoms with Crippen LogP contribution in [0.25, 0.3) is 0 Å². The zero-order valence-corrected chi connectivity index (χ0v) is 9.57. The monoisotopic (exact) mass is 209 g/mol. The third-order valence-corrected chi connectivity index (χ3v) is 1.93. The summed E-state index contributed by atoms with van der Waals surface area (Å²) < 4.78 is 0. The molecule has 1 rings (SSSR count). The molecular weight excluding hydrogens is 190 g/mol. The summed E-state index contributed by atoms with van der Waals surface area (Å²) in [5, 5.41) is 9.63. The minimum absolute atomic E-state index is 0.601. The second kappa shape index (κ2) is 4.59. The zero-order valence-electron chi connectivity index (χ0n) is 9.57. The third kappa shape index (κ3) is 4.76.